The van der Waals surface area contributed by atoms with Crippen molar-refractivity contribution < 1.29 is 0 Å². The summed E-state index contributed by atoms with van der Waals surface area (Å²) in [5.41, 5.74) is 25.1. The van der Waals surface area contributed by atoms with Crippen LogP contribution in [0.4, 0.5) is 0 Å². The van der Waals surface area contributed by atoms with E-state index in [4.69, 9.17) is 0 Å². The van der Waals surface area contributed by atoms with Crippen LogP contribution in [0.1, 0.15) is 24.2 Å². The molecule has 10 aromatic rings. The molecule has 9 aliphatic rings. The van der Waals surface area contributed by atoms with Crippen molar-refractivity contribution in [1.82, 2.24) is 18.3 Å². The second-order valence-corrected chi connectivity index (χ2v) is 17.0. The first-order valence-electron chi connectivity index (χ1n) is 18.1. The van der Waals surface area contributed by atoms with Crippen LogP contribution in [0, 0.1) is 0 Å². The molecule has 0 amide bonds. The molecule has 0 N–H and O–H groups in total. The van der Waals surface area contributed by atoms with Gasteiger partial charge in [-0.3, -0.25) is 0 Å². The summed E-state index contributed by atoms with van der Waals surface area (Å²) < 4.78 is 12.0. The first-order chi connectivity index (χ1) is 23.9. The van der Waals surface area contributed by atoms with Crippen molar-refractivity contribution in [2.75, 3.05) is 0 Å². The van der Waals surface area contributed by atoms with Gasteiger partial charge in [-0.25, -0.2) is 0 Å². The minimum absolute atomic E-state index is 0.447. The molecule has 6 aromatic carbocycles. The van der Waals surface area contributed by atoms with Gasteiger partial charge < -0.3 is 18.3 Å². The topological polar surface area (TPSA) is 19.7 Å². The van der Waals surface area contributed by atoms with E-state index in [0.717, 1.165) is 0 Å². The van der Waals surface area contributed by atoms with Gasteiger partial charge >= 0.3 is 0 Å². The smallest absolute Gasteiger partial charge is 0.223 e. The fourth-order valence-electron chi connectivity index (χ4n) is 15.6. The molecule has 0 radical (unpaired) electrons. The molecule has 48 heavy (non-hydrogen) atoms. The number of fused-ring (bicyclic) bond motifs is 6. The van der Waals surface area contributed by atoms with Crippen LogP contribution < -0.4 is 21.9 Å². The predicted octanol–water partition coefficient (Wildman–Crippen LogP) is 6.60. The Morgan fingerprint density at radius 2 is 0.521 bits per heavy atom. The Morgan fingerprint density at radius 3 is 0.792 bits per heavy atom. The van der Waals surface area contributed by atoms with Gasteiger partial charge in [0.15, 0.2) is 0 Å². The summed E-state index contributed by atoms with van der Waals surface area (Å²) in [6.07, 6.45) is 0. The lowest BCUT2D eigenvalue weighted by molar-refractivity contribution is 0.136. The summed E-state index contributed by atoms with van der Waals surface area (Å²) >= 11 is 0. The highest BCUT2D eigenvalue weighted by molar-refractivity contribution is 6.96. The number of benzene rings is 6. The maximum absolute atomic E-state index is 2.99. The average molecular weight is 600 g/mol. The lowest BCUT2D eigenvalue weighted by Gasteiger charge is -2.62. The van der Waals surface area contributed by atoms with Crippen molar-refractivity contribution in [2.24, 2.45) is 0 Å². The number of aromatic nitrogens is 4. The highest BCUT2D eigenvalue weighted by atomic mass is 15.3. The lowest BCUT2D eigenvalue weighted by Crippen LogP contribution is -2.66. The molecule has 6 heteroatoms. The van der Waals surface area contributed by atoms with Crippen LogP contribution in [-0.4, -0.2) is 31.7 Å². The van der Waals surface area contributed by atoms with Crippen molar-refractivity contribution in [2.45, 2.75) is 35.8 Å². The third-order valence-corrected chi connectivity index (χ3v) is 16.3. The van der Waals surface area contributed by atoms with Gasteiger partial charge in [-0.15, -0.1) is 0 Å². The first-order valence-corrected chi connectivity index (χ1v) is 18.1. The quantitative estimate of drug-likeness (QED) is 0.175. The summed E-state index contributed by atoms with van der Waals surface area (Å²) in [6.45, 7) is 0.921. The number of rotatable bonds is 0. The number of nitrogens with zero attached hydrogens (tertiary/aromatic N) is 4. The normalized spacial score (nSPS) is 27.5. The summed E-state index contributed by atoms with van der Waals surface area (Å²) in [5.74, 6) is 1.05. The van der Waals surface area contributed by atoms with Crippen LogP contribution in [0.5, 0.6) is 0 Å². The summed E-state index contributed by atoms with van der Waals surface area (Å²) in [7, 11) is 0. The zero-order chi connectivity index (χ0) is 29.3. The molecule has 6 atom stereocenters. The molecule has 4 nitrogen and oxygen atoms in total. The van der Waals surface area contributed by atoms with Crippen molar-refractivity contribution in [3.63, 3.8) is 0 Å². The van der Waals surface area contributed by atoms with Crippen LogP contribution in [0.15, 0.2) is 72.8 Å². The highest BCUT2D eigenvalue weighted by Gasteiger charge is 2.70. The van der Waals surface area contributed by atoms with Crippen molar-refractivity contribution in [1.29, 1.82) is 0 Å². The Morgan fingerprint density at radius 1 is 0.292 bits per heavy atom. The van der Waals surface area contributed by atoms with Crippen molar-refractivity contribution in [3.05, 3.63) is 72.8 Å². The molecular formula is C42H18B2N4. The van der Waals surface area contributed by atoms with Gasteiger partial charge in [-0.2, -0.15) is 0 Å². The lowest BCUT2D eigenvalue weighted by atomic mass is 9.23. The molecular weight excluding hydrogens is 582 g/mol. The SMILES string of the molecule is c1cc2c3ccc4c5ccc6c7c5n5c4c3n3c2c2c1-c1ccc4c8ccc9c%10ccc-6c6c%10n%10c9c8n8c4c1B2C1C3C5C(B76)[C@@H]%10C18. The Hall–Kier alpha value is -5.35. The number of hydrogen-bond donors (Lipinski definition) is 0. The Balaban J connectivity index is 1.25. The van der Waals surface area contributed by atoms with E-state index < -0.39 is 0 Å². The molecule has 5 unspecified atom stereocenters. The minimum Gasteiger partial charge on any atom is -0.334 e. The summed E-state index contributed by atoms with van der Waals surface area (Å²) in [5, 5.41) is 11.8. The summed E-state index contributed by atoms with van der Waals surface area (Å²) in [6, 6.07) is 31.8. The largest absolute Gasteiger partial charge is 0.334 e. The fraction of sp³-hybridized carbons (Fsp3) is 0.143. The van der Waals surface area contributed by atoms with Crippen LogP contribution in [0.2, 0.25) is 11.6 Å². The van der Waals surface area contributed by atoms with Gasteiger partial charge in [0.25, 0.3) is 0 Å². The molecule has 1 aliphatic carbocycles. The monoisotopic (exact) mass is 600 g/mol. The molecule has 0 bridgehead atoms. The fourth-order valence-corrected chi connectivity index (χ4v) is 15.6. The van der Waals surface area contributed by atoms with E-state index in [9.17, 15) is 0 Å². The zero-order valence-corrected chi connectivity index (χ0v) is 25.3. The number of hydrogen-bond acceptors (Lipinski definition) is 0. The Labute approximate surface area is 270 Å². The Kier molecular flexibility index (Phi) is 2.19. The second kappa shape index (κ2) is 5.24. The molecule has 1 fully saturated rings. The minimum atomic E-state index is 0.447. The Bertz CT molecular complexity index is 3170. The molecule has 12 heterocycles. The van der Waals surface area contributed by atoms with Gasteiger partial charge in [-0.1, -0.05) is 72.8 Å². The zero-order valence-electron chi connectivity index (χ0n) is 25.3. The van der Waals surface area contributed by atoms with E-state index in [1.165, 1.54) is 87.4 Å². The molecule has 8 aliphatic heterocycles. The van der Waals surface area contributed by atoms with Crippen LogP contribution in [0.25, 0.3) is 109 Å². The molecule has 0 spiro atoms. The van der Waals surface area contributed by atoms with Gasteiger partial charge in [-0.05, 0) is 55.7 Å². The van der Waals surface area contributed by atoms with Gasteiger partial charge in [0.2, 0.25) is 13.4 Å². The van der Waals surface area contributed by atoms with E-state index >= 15 is 0 Å². The molecule has 4 aromatic heterocycles. The van der Waals surface area contributed by atoms with E-state index in [1.54, 1.807) is 43.9 Å². The maximum Gasteiger partial charge on any atom is 0.223 e. The second-order valence-electron chi connectivity index (χ2n) is 17.0. The third-order valence-electron chi connectivity index (χ3n) is 16.3. The van der Waals surface area contributed by atoms with Gasteiger partial charge in [0, 0.05) is 65.2 Å². The summed E-state index contributed by atoms with van der Waals surface area (Å²) in [4.78, 5) is 0. The molecule has 212 valence electrons. The highest BCUT2D eigenvalue weighted by Crippen LogP contribution is 2.73. The predicted molar refractivity (Wildman–Crippen MR) is 197 cm³/mol. The van der Waals surface area contributed by atoms with Gasteiger partial charge in [0.1, 0.15) is 0 Å². The van der Waals surface area contributed by atoms with Crippen LogP contribution in [-0.2, 0) is 0 Å². The standard InChI is InChI=1S/C42H18B2N4/c1-5-17-21-9-10-22-19-7-3-15-16-4-8-20-24-12-11-23-18-6-2-14-13(1)25-31(17)45-35(21)36(22)47-33(19)27(15)44-28(16)34(20)48-38(24)37(23)46-32(18)26(14)43(25)29-39(45)41(47)30(44)42(48)40(29)46/h1-12,29-30,39-42H/t29?,30?,39-,40?,41?,42?/m1/s1. The average Bonchev–Trinajstić information content (AvgIpc) is 3.94. The third kappa shape index (κ3) is 1.36. The van der Waals surface area contributed by atoms with E-state index in [0.29, 0.717) is 49.2 Å². The van der Waals surface area contributed by atoms with Gasteiger partial charge in [0.05, 0.1) is 46.2 Å². The van der Waals surface area contributed by atoms with E-state index in [1.807, 2.05) is 0 Å². The van der Waals surface area contributed by atoms with Crippen molar-refractivity contribution >= 4 is 123 Å². The van der Waals surface area contributed by atoms with Crippen molar-refractivity contribution in [3.8, 4) is 22.3 Å². The maximum atomic E-state index is 2.99. The van der Waals surface area contributed by atoms with E-state index in [2.05, 4.69) is 91.1 Å². The molecule has 19 rings (SSSR count). The first kappa shape index (κ1) is 20.1. The van der Waals surface area contributed by atoms with Crippen LogP contribution in [0.3, 0.4) is 0 Å². The molecule has 0 saturated heterocycles. The molecule has 1 saturated carbocycles. The van der Waals surface area contributed by atoms with Crippen LogP contribution >= 0.6 is 0 Å². The van der Waals surface area contributed by atoms with E-state index in [-0.39, 0.29) is 0 Å².